The van der Waals surface area contributed by atoms with E-state index in [4.69, 9.17) is 0 Å². The van der Waals surface area contributed by atoms with Crippen LogP contribution in [0.3, 0.4) is 0 Å². The monoisotopic (exact) mass is 435 g/mol. The van der Waals surface area contributed by atoms with E-state index in [9.17, 15) is 26.8 Å². The van der Waals surface area contributed by atoms with Gasteiger partial charge in [0.1, 0.15) is 23.1 Å². The molecular formula is C20H19F2N3O4S. The summed E-state index contributed by atoms with van der Waals surface area (Å²) >= 11 is 0. The molecule has 3 amide bonds. The van der Waals surface area contributed by atoms with Crippen LogP contribution in [0.25, 0.3) is 0 Å². The average molecular weight is 435 g/mol. The number of amides is 3. The number of benzene rings is 2. The first kappa shape index (κ1) is 20.4. The number of hydrogen-bond acceptors (Lipinski definition) is 4. The number of hydrogen-bond donors (Lipinski definition) is 0. The van der Waals surface area contributed by atoms with Gasteiger partial charge in [-0.1, -0.05) is 18.2 Å². The highest BCUT2D eigenvalue weighted by molar-refractivity contribution is 7.89. The normalized spacial score (nSPS) is 19.0. The molecule has 0 aromatic heterocycles. The standard InChI is InChI=1S/C20H19F2N3O4S/c21-14-6-7-18(17(22)12-14)30(28,29)23-10-8-15(9-11-23)24-13-19(26)25(20(24)27)16-4-2-1-3-5-16/h1-7,12,15H,8-11,13H2. The summed E-state index contributed by atoms with van der Waals surface area (Å²) in [6.45, 7) is 0.0536. The summed E-state index contributed by atoms with van der Waals surface area (Å²) in [4.78, 5) is 27.2. The van der Waals surface area contributed by atoms with Gasteiger partial charge >= 0.3 is 6.03 Å². The molecule has 0 aliphatic carbocycles. The quantitative estimate of drug-likeness (QED) is 0.692. The van der Waals surface area contributed by atoms with Gasteiger partial charge in [0.25, 0.3) is 5.91 Å². The topological polar surface area (TPSA) is 78.0 Å². The lowest BCUT2D eigenvalue weighted by Crippen LogP contribution is -2.48. The third kappa shape index (κ3) is 3.56. The summed E-state index contributed by atoms with van der Waals surface area (Å²) in [5.74, 6) is -2.34. The Morgan fingerprint density at radius 2 is 1.60 bits per heavy atom. The Bertz CT molecular complexity index is 1090. The average Bonchev–Trinajstić information content (AvgIpc) is 3.02. The number of piperidine rings is 1. The second kappa shape index (κ2) is 7.77. The number of rotatable bonds is 4. The van der Waals surface area contributed by atoms with Gasteiger partial charge < -0.3 is 4.90 Å². The van der Waals surface area contributed by atoms with Crippen LogP contribution in [-0.4, -0.2) is 55.2 Å². The summed E-state index contributed by atoms with van der Waals surface area (Å²) in [7, 11) is -4.12. The van der Waals surface area contributed by atoms with Gasteiger partial charge in [-0.25, -0.2) is 26.9 Å². The van der Waals surface area contributed by atoms with Crippen molar-refractivity contribution < 1.29 is 26.8 Å². The molecule has 2 fully saturated rings. The zero-order chi connectivity index (χ0) is 21.5. The van der Waals surface area contributed by atoms with Crippen molar-refractivity contribution in [2.75, 3.05) is 24.5 Å². The molecule has 2 aromatic carbocycles. The van der Waals surface area contributed by atoms with Crippen LogP contribution in [0.4, 0.5) is 19.3 Å². The van der Waals surface area contributed by atoms with Crippen molar-refractivity contribution in [3.8, 4) is 0 Å². The Labute approximate surface area is 172 Å². The highest BCUT2D eigenvalue weighted by atomic mass is 32.2. The predicted molar refractivity (Wildman–Crippen MR) is 104 cm³/mol. The molecule has 7 nitrogen and oxygen atoms in total. The van der Waals surface area contributed by atoms with Crippen LogP contribution in [0.15, 0.2) is 53.4 Å². The van der Waals surface area contributed by atoms with Crippen LogP contribution in [0, 0.1) is 11.6 Å². The van der Waals surface area contributed by atoms with Gasteiger partial charge in [0.2, 0.25) is 10.0 Å². The summed E-state index contributed by atoms with van der Waals surface area (Å²) < 4.78 is 53.7. The number of carbonyl (C=O) groups excluding carboxylic acids is 2. The van der Waals surface area contributed by atoms with E-state index in [0.717, 1.165) is 21.3 Å². The van der Waals surface area contributed by atoms with Crippen LogP contribution in [0.1, 0.15) is 12.8 Å². The van der Waals surface area contributed by atoms with Gasteiger partial charge in [-0.2, -0.15) is 4.31 Å². The van der Waals surface area contributed by atoms with Crippen LogP contribution in [0.2, 0.25) is 0 Å². The number of nitrogens with zero attached hydrogens (tertiary/aromatic N) is 3. The first-order valence-electron chi connectivity index (χ1n) is 9.43. The van der Waals surface area contributed by atoms with E-state index < -0.39 is 32.6 Å². The SMILES string of the molecule is O=C1CN(C2CCN(S(=O)(=O)c3ccc(F)cc3F)CC2)C(=O)N1c1ccccc1. The second-order valence-corrected chi connectivity index (χ2v) is 9.09. The van der Waals surface area contributed by atoms with E-state index in [1.165, 1.54) is 4.90 Å². The molecule has 4 rings (SSSR count). The van der Waals surface area contributed by atoms with Crippen molar-refractivity contribution in [1.29, 1.82) is 0 Å². The number of sulfonamides is 1. The fourth-order valence-corrected chi connectivity index (χ4v) is 5.37. The molecular weight excluding hydrogens is 416 g/mol. The minimum atomic E-state index is -4.12. The first-order valence-corrected chi connectivity index (χ1v) is 10.9. The van der Waals surface area contributed by atoms with Gasteiger partial charge in [0.05, 0.1) is 5.69 Å². The van der Waals surface area contributed by atoms with E-state index >= 15 is 0 Å². The van der Waals surface area contributed by atoms with Crippen molar-refractivity contribution in [2.24, 2.45) is 0 Å². The molecule has 2 aliphatic heterocycles. The molecule has 2 aromatic rings. The Morgan fingerprint density at radius 1 is 0.933 bits per heavy atom. The molecule has 0 unspecified atom stereocenters. The maximum absolute atomic E-state index is 14.0. The number of carbonyl (C=O) groups is 2. The largest absolute Gasteiger partial charge is 0.332 e. The highest BCUT2D eigenvalue weighted by Crippen LogP contribution is 2.29. The molecule has 30 heavy (non-hydrogen) atoms. The third-order valence-corrected chi connectivity index (χ3v) is 7.31. The van der Waals surface area contributed by atoms with Gasteiger partial charge in [-0.3, -0.25) is 4.79 Å². The fraction of sp³-hybridized carbons (Fsp3) is 0.300. The minimum Gasteiger partial charge on any atom is -0.312 e. The van der Waals surface area contributed by atoms with Crippen molar-refractivity contribution in [3.05, 3.63) is 60.2 Å². The summed E-state index contributed by atoms with van der Waals surface area (Å²) in [5, 5.41) is 0. The number of para-hydroxylation sites is 1. The molecule has 0 bridgehead atoms. The highest BCUT2D eigenvalue weighted by Gasteiger charge is 2.42. The molecule has 2 aliphatic rings. The van der Waals surface area contributed by atoms with E-state index in [1.54, 1.807) is 30.3 Å². The summed E-state index contributed by atoms with van der Waals surface area (Å²) in [6.07, 6.45) is 0.618. The maximum Gasteiger partial charge on any atom is 0.332 e. The van der Waals surface area contributed by atoms with Gasteiger partial charge in [-0.15, -0.1) is 0 Å². The van der Waals surface area contributed by atoms with Crippen molar-refractivity contribution >= 4 is 27.6 Å². The van der Waals surface area contributed by atoms with Crippen LogP contribution in [0.5, 0.6) is 0 Å². The lowest BCUT2D eigenvalue weighted by Gasteiger charge is -2.35. The number of imide groups is 1. The fourth-order valence-electron chi connectivity index (χ4n) is 3.85. The summed E-state index contributed by atoms with van der Waals surface area (Å²) in [5.41, 5.74) is 0.488. The number of urea groups is 1. The second-order valence-electron chi connectivity index (χ2n) is 7.19. The number of halogens is 2. The number of anilines is 1. The molecule has 0 saturated carbocycles. The molecule has 2 heterocycles. The van der Waals surface area contributed by atoms with E-state index in [2.05, 4.69) is 0 Å². The molecule has 10 heteroatoms. The van der Waals surface area contributed by atoms with Gasteiger partial charge in [0, 0.05) is 25.2 Å². The Morgan fingerprint density at radius 3 is 2.23 bits per heavy atom. The Balaban J connectivity index is 1.46. The van der Waals surface area contributed by atoms with E-state index in [1.807, 2.05) is 0 Å². The van der Waals surface area contributed by atoms with E-state index in [-0.39, 0.29) is 31.6 Å². The van der Waals surface area contributed by atoms with Crippen LogP contribution < -0.4 is 4.90 Å². The minimum absolute atomic E-state index is 0.0626. The Kier molecular flexibility index (Phi) is 5.29. The third-order valence-electron chi connectivity index (χ3n) is 5.38. The van der Waals surface area contributed by atoms with Gasteiger partial charge in [0.15, 0.2) is 0 Å². The molecule has 0 spiro atoms. The Hall–Kier alpha value is -2.85. The van der Waals surface area contributed by atoms with Crippen LogP contribution >= 0.6 is 0 Å². The molecule has 0 N–H and O–H groups in total. The maximum atomic E-state index is 14.0. The van der Waals surface area contributed by atoms with E-state index in [0.29, 0.717) is 24.6 Å². The lowest BCUT2D eigenvalue weighted by atomic mass is 10.1. The van der Waals surface area contributed by atoms with Gasteiger partial charge in [-0.05, 0) is 37.1 Å². The summed E-state index contributed by atoms with van der Waals surface area (Å²) in [6, 6.07) is 10.2. The molecule has 0 radical (unpaired) electrons. The van der Waals surface area contributed by atoms with Crippen molar-refractivity contribution in [3.63, 3.8) is 0 Å². The predicted octanol–water partition coefficient (Wildman–Crippen LogP) is 2.59. The zero-order valence-corrected chi connectivity index (χ0v) is 16.7. The first-order chi connectivity index (χ1) is 14.3. The molecule has 2 saturated heterocycles. The van der Waals surface area contributed by atoms with Crippen LogP contribution in [-0.2, 0) is 14.8 Å². The van der Waals surface area contributed by atoms with Crippen molar-refractivity contribution in [2.45, 2.75) is 23.8 Å². The zero-order valence-electron chi connectivity index (χ0n) is 15.9. The lowest BCUT2D eigenvalue weighted by molar-refractivity contribution is -0.116. The molecule has 158 valence electrons. The molecule has 0 atom stereocenters. The smallest absolute Gasteiger partial charge is 0.312 e. The van der Waals surface area contributed by atoms with Crippen molar-refractivity contribution in [1.82, 2.24) is 9.21 Å².